The highest BCUT2D eigenvalue weighted by Crippen LogP contribution is 2.26. The van der Waals surface area contributed by atoms with Crippen LogP contribution in [0.5, 0.6) is 5.75 Å². The summed E-state index contributed by atoms with van der Waals surface area (Å²) in [5.74, 6) is 0.441. The Morgan fingerprint density at radius 3 is 2.94 bits per heavy atom. The van der Waals surface area contributed by atoms with Gasteiger partial charge in [-0.2, -0.15) is 0 Å². The Kier molecular flexibility index (Phi) is 3.32. The summed E-state index contributed by atoms with van der Waals surface area (Å²) in [6.07, 6.45) is 1.79. The normalized spacial score (nSPS) is 10.5. The smallest absolute Gasteiger partial charge is 0.310 e. The van der Waals surface area contributed by atoms with E-state index in [1.54, 1.807) is 26.4 Å². The first-order chi connectivity index (χ1) is 8.24. The summed E-state index contributed by atoms with van der Waals surface area (Å²) < 4.78 is 15.5. The van der Waals surface area contributed by atoms with E-state index in [1.807, 2.05) is 12.1 Å². The molecule has 1 aromatic carbocycles. The van der Waals surface area contributed by atoms with Crippen molar-refractivity contribution < 1.29 is 18.7 Å². The Morgan fingerprint density at radius 1 is 1.41 bits per heavy atom. The van der Waals surface area contributed by atoms with E-state index in [2.05, 4.69) is 0 Å². The van der Waals surface area contributed by atoms with Crippen LogP contribution in [0.15, 0.2) is 28.9 Å². The van der Waals surface area contributed by atoms with E-state index < -0.39 is 0 Å². The van der Waals surface area contributed by atoms with Gasteiger partial charge in [0, 0.05) is 10.9 Å². The zero-order valence-corrected chi connectivity index (χ0v) is 9.86. The van der Waals surface area contributed by atoms with E-state index in [-0.39, 0.29) is 12.4 Å². The SMILES string of the molecule is CCOC(=O)Cc1cc(OC)cc2ccoc12. The third kappa shape index (κ3) is 2.41. The average Bonchev–Trinajstić information content (AvgIpc) is 2.77. The fraction of sp³-hybridized carbons (Fsp3) is 0.308. The number of hydrogen-bond acceptors (Lipinski definition) is 4. The number of hydrogen-bond donors (Lipinski definition) is 0. The van der Waals surface area contributed by atoms with E-state index in [4.69, 9.17) is 13.9 Å². The molecule has 4 heteroatoms. The Balaban J connectivity index is 2.36. The van der Waals surface area contributed by atoms with Crippen LogP contribution in [-0.4, -0.2) is 19.7 Å². The second kappa shape index (κ2) is 4.91. The van der Waals surface area contributed by atoms with Crippen molar-refractivity contribution in [2.75, 3.05) is 13.7 Å². The largest absolute Gasteiger partial charge is 0.497 e. The van der Waals surface area contributed by atoms with Crippen molar-refractivity contribution in [1.82, 2.24) is 0 Å². The topological polar surface area (TPSA) is 48.7 Å². The monoisotopic (exact) mass is 234 g/mol. The molecule has 0 saturated carbocycles. The minimum Gasteiger partial charge on any atom is -0.497 e. The number of carbonyl (C=O) groups is 1. The summed E-state index contributed by atoms with van der Waals surface area (Å²) in [7, 11) is 1.59. The lowest BCUT2D eigenvalue weighted by Crippen LogP contribution is -2.07. The first kappa shape index (κ1) is 11.5. The van der Waals surface area contributed by atoms with Gasteiger partial charge in [0.25, 0.3) is 0 Å². The summed E-state index contributed by atoms with van der Waals surface area (Å²) in [5.41, 5.74) is 1.49. The lowest BCUT2D eigenvalue weighted by Gasteiger charge is -2.05. The molecule has 0 fully saturated rings. The molecule has 2 rings (SSSR count). The van der Waals surface area contributed by atoms with Crippen LogP contribution in [-0.2, 0) is 16.0 Å². The van der Waals surface area contributed by atoms with Crippen LogP contribution in [0.3, 0.4) is 0 Å². The van der Waals surface area contributed by atoms with Crippen LogP contribution in [0.1, 0.15) is 12.5 Å². The summed E-state index contributed by atoms with van der Waals surface area (Å²) in [6, 6.07) is 5.50. The number of benzene rings is 1. The second-order valence-electron chi connectivity index (χ2n) is 3.61. The summed E-state index contributed by atoms with van der Waals surface area (Å²) in [4.78, 5) is 11.5. The van der Waals surface area contributed by atoms with Gasteiger partial charge in [-0.1, -0.05) is 0 Å². The Labute approximate surface area is 99.1 Å². The van der Waals surface area contributed by atoms with Gasteiger partial charge in [0.15, 0.2) is 0 Å². The fourth-order valence-electron chi connectivity index (χ4n) is 1.74. The molecule has 17 heavy (non-hydrogen) atoms. The van der Waals surface area contributed by atoms with Gasteiger partial charge < -0.3 is 13.9 Å². The first-order valence-electron chi connectivity index (χ1n) is 5.44. The standard InChI is InChI=1S/C13H14O4/c1-3-16-12(14)8-10-7-11(15-2)6-9-4-5-17-13(9)10/h4-7H,3,8H2,1-2H3. The number of rotatable bonds is 4. The predicted octanol–water partition coefficient (Wildman–Crippen LogP) is 2.55. The van der Waals surface area contributed by atoms with Crippen molar-refractivity contribution in [2.45, 2.75) is 13.3 Å². The number of furan rings is 1. The van der Waals surface area contributed by atoms with Gasteiger partial charge in [-0.05, 0) is 25.1 Å². The number of methoxy groups -OCH3 is 1. The van der Waals surface area contributed by atoms with Crippen molar-refractivity contribution in [3.8, 4) is 5.75 Å². The third-order valence-electron chi connectivity index (χ3n) is 2.48. The minimum atomic E-state index is -0.265. The maximum atomic E-state index is 11.5. The summed E-state index contributed by atoms with van der Waals surface area (Å²) in [5, 5.41) is 0.920. The van der Waals surface area contributed by atoms with Crippen LogP contribution >= 0.6 is 0 Å². The molecule has 0 aliphatic rings. The number of carbonyl (C=O) groups excluding carboxylic acids is 1. The highest BCUT2D eigenvalue weighted by atomic mass is 16.5. The molecule has 1 heterocycles. The molecule has 0 atom stereocenters. The molecule has 0 amide bonds. The quantitative estimate of drug-likeness (QED) is 0.763. The highest BCUT2D eigenvalue weighted by Gasteiger charge is 2.12. The molecule has 1 aromatic heterocycles. The maximum Gasteiger partial charge on any atom is 0.310 e. The van der Waals surface area contributed by atoms with Gasteiger partial charge in [0.05, 0.1) is 26.4 Å². The molecule has 4 nitrogen and oxygen atoms in total. The second-order valence-corrected chi connectivity index (χ2v) is 3.61. The van der Waals surface area contributed by atoms with E-state index in [9.17, 15) is 4.79 Å². The highest BCUT2D eigenvalue weighted by molar-refractivity contribution is 5.86. The Morgan fingerprint density at radius 2 is 2.24 bits per heavy atom. The zero-order chi connectivity index (χ0) is 12.3. The van der Waals surface area contributed by atoms with Crippen LogP contribution in [0.25, 0.3) is 11.0 Å². The maximum absolute atomic E-state index is 11.5. The van der Waals surface area contributed by atoms with Crippen LogP contribution < -0.4 is 4.74 Å². The lowest BCUT2D eigenvalue weighted by atomic mass is 10.1. The summed E-state index contributed by atoms with van der Waals surface area (Å²) in [6.45, 7) is 2.16. The molecule has 0 radical (unpaired) electrons. The van der Waals surface area contributed by atoms with Crippen molar-refractivity contribution in [3.63, 3.8) is 0 Å². The van der Waals surface area contributed by atoms with Crippen molar-refractivity contribution in [2.24, 2.45) is 0 Å². The third-order valence-corrected chi connectivity index (χ3v) is 2.48. The van der Waals surface area contributed by atoms with Gasteiger partial charge in [0.1, 0.15) is 11.3 Å². The van der Waals surface area contributed by atoms with E-state index in [1.165, 1.54) is 0 Å². The predicted molar refractivity (Wildman–Crippen MR) is 63.1 cm³/mol. The molecule has 90 valence electrons. The Hall–Kier alpha value is -1.97. The Bertz CT molecular complexity index is 527. The van der Waals surface area contributed by atoms with Crippen LogP contribution in [0, 0.1) is 0 Å². The molecular weight excluding hydrogens is 220 g/mol. The van der Waals surface area contributed by atoms with Gasteiger partial charge in [0.2, 0.25) is 0 Å². The van der Waals surface area contributed by atoms with Crippen molar-refractivity contribution in [3.05, 3.63) is 30.0 Å². The number of ether oxygens (including phenoxy) is 2. The van der Waals surface area contributed by atoms with Gasteiger partial charge in [-0.3, -0.25) is 4.79 Å². The average molecular weight is 234 g/mol. The molecular formula is C13H14O4. The molecule has 0 N–H and O–H groups in total. The zero-order valence-electron chi connectivity index (χ0n) is 9.86. The molecule has 0 bridgehead atoms. The van der Waals surface area contributed by atoms with Crippen LogP contribution in [0.4, 0.5) is 0 Å². The van der Waals surface area contributed by atoms with Gasteiger partial charge in [-0.15, -0.1) is 0 Å². The van der Waals surface area contributed by atoms with Crippen molar-refractivity contribution >= 4 is 16.9 Å². The summed E-state index contributed by atoms with van der Waals surface area (Å²) >= 11 is 0. The van der Waals surface area contributed by atoms with Gasteiger partial charge >= 0.3 is 5.97 Å². The van der Waals surface area contributed by atoms with Crippen LogP contribution in [0.2, 0.25) is 0 Å². The molecule has 0 aliphatic carbocycles. The number of esters is 1. The molecule has 2 aromatic rings. The first-order valence-corrected chi connectivity index (χ1v) is 5.44. The van der Waals surface area contributed by atoms with E-state index in [0.29, 0.717) is 17.9 Å². The molecule has 0 saturated heterocycles. The number of fused-ring (bicyclic) bond motifs is 1. The van der Waals surface area contributed by atoms with E-state index >= 15 is 0 Å². The fourth-order valence-corrected chi connectivity index (χ4v) is 1.74. The van der Waals surface area contributed by atoms with Gasteiger partial charge in [-0.25, -0.2) is 0 Å². The molecule has 0 aliphatic heterocycles. The van der Waals surface area contributed by atoms with Crippen molar-refractivity contribution in [1.29, 1.82) is 0 Å². The molecule has 0 spiro atoms. The minimum absolute atomic E-state index is 0.190. The molecule has 0 unspecified atom stereocenters. The lowest BCUT2D eigenvalue weighted by molar-refractivity contribution is -0.142. The van der Waals surface area contributed by atoms with E-state index in [0.717, 1.165) is 10.9 Å².